The summed E-state index contributed by atoms with van der Waals surface area (Å²) in [5.41, 5.74) is -1.36. The zero-order valence-electron chi connectivity index (χ0n) is 16.4. The van der Waals surface area contributed by atoms with E-state index in [1.165, 1.54) is 19.1 Å². The highest BCUT2D eigenvalue weighted by atomic mass is 35.5. The van der Waals surface area contributed by atoms with Crippen molar-refractivity contribution in [2.45, 2.75) is 17.1 Å². The van der Waals surface area contributed by atoms with Crippen molar-refractivity contribution >= 4 is 33.5 Å². The number of aliphatic carboxylic acids is 1. The molecule has 1 N–H and O–H groups in total. The number of hydrogen-bond donors (Lipinski definition) is 1. The van der Waals surface area contributed by atoms with Crippen LogP contribution >= 0.6 is 11.6 Å². The molecule has 1 aromatic heterocycles. The molecule has 1 unspecified atom stereocenters. The second-order valence-corrected chi connectivity index (χ2v) is 9.28. The van der Waals surface area contributed by atoms with Gasteiger partial charge in [-0.05, 0) is 61.5 Å². The molecule has 0 aliphatic heterocycles. The Labute approximate surface area is 186 Å². The summed E-state index contributed by atoms with van der Waals surface area (Å²) >= 11 is 5.81. The number of hydrogen-bond acceptors (Lipinski definition) is 4. The van der Waals surface area contributed by atoms with E-state index in [4.69, 9.17) is 16.7 Å². The Morgan fingerprint density at radius 1 is 1.03 bits per heavy atom. The maximum Gasteiger partial charge on any atom is 0.331 e. The topological polar surface area (TPSA) is 84.3 Å². The summed E-state index contributed by atoms with van der Waals surface area (Å²) in [4.78, 5) is 14.5. The van der Waals surface area contributed by atoms with E-state index in [0.717, 1.165) is 36.4 Å². The highest BCUT2D eigenvalue weighted by molar-refractivity contribution is 7.91. The SMILES string of the molecule is CC(=Cc1cc(C(c2cc(F)ccc2F)S(=O)(=O)c2ccc(Cl)cc2)c(F)cn1)C(=O)O. The van der Waals surface area contributed by atoms with Crippen LogP contribution in [0.2, 0.25) is 5.02 Å². The van der Waals surface area contributed by atoms with E-state index in [-0.39, 0.29) is 21.2 Å². The molecule has 0 radical (unpaired) electrons. The van der Waals surface area contributed by atoms with Crippen molar-refractivity contribution in [3.63, 3.8) is 0 Å². The number of carbonyl (C=O) groups is 1. The Morgan fingerprint density at radius 2 is 1.66 bits per heavy atom. The molecule has 0 amide bonds. The molecule has 2 aromatic carbocycles. The number of halogens is 4. The van der Waals surface area contributed by atoms with Crippen molar-refractivity contribution in [3.8, 4) is 0 Å². The molecule has 3 aromatic rings. The van der Waals surface area contributed by atoms with E-state index < -0.39 is 49.6 Å². The summed E-state index contributed by atoms with van der Waals surface area (Å²) in [5.74, 6) is -4.35. The standard InChI is InChI=1S/C22H15ClF3NO4S/c1-12(22(28)29)8-15-10-18(20(26)11-27-15)21(17-9-14(24)4-7-19(17)25)32(30,31)16-5-2-13(23)3-6-16/h2-11,21H,1H3,(H,28,29). The molecule has 0 aliphatic carbocycles. The summed E-state index contributed by atoms with van der Waals surface area (Å²) in [6.45, 7) is 1.27. The number of nitrogens with zero attached hydrogens (tertiary/aromatic N) is 1. The van der Waals surface area contributed by atoms with Crippen molar-refractivity contribution < 1.29 is 31.5 Å². The van der Waals surface area contributed by atoms with Gasteiger partial charge in [-0.2, -0.15) is 0 Å². The van der Waals surface area contributed by atoms with Crippen LogP contribution in [0, 0.1) is 17.5 Å². The Morgan fingerprint density at radius 3 is 2.28 bits per heavy atom. The first-order valence-corrected chi connectivity index (χ1v) is 10.9. The van der Waals surface area contributed by atoms with Crippen molar-refractivity contribution in [3.05, 3.63) is 99.6 Å². The summed E-state index contributed by atoms with van der Waals surface area (Å²) in [6, 6.07) is 8.12. The van der Waals surface area contributed by atoms with Gasteiger partial charge in [0.05, 0.1) is 16.8 Å². The summed E-state index contributed by atoms with van der Waals surface area (Å²) in [7, 11) is -4.52. The maximum absolute atomic E-state index is 14.8. The lowest BCUT2D eigenvalue weighted by Gasteiger charge is -2.20. The van der Waals surface area contributed by atoms with Crippen LogP contribution in [-0.2, 0) is 14.6 Å². The first-order chi connectivity index (χ1) is 15.0. The van der Waals surface area contributed by atoms with Gasteiger partial charge < -0.3 is 5.11 Å². The monoisotopic (exact) mass is 481 g/mol. The Balaban J connectivity index is 2.31. The van der Waals surface area contributed by atoms with Crippen molar-refractivity contribution in [1.29, 1.82) is 0 Å². The van der Waals surface area contributed by atoms with Gasteiger partial charge in [0.2, 0.25) is 0 Å². The predicted octanol–water partition coefficient (Wildman–Crippen LogP) is 5.20. The van der Waals surface area contributed by atoms with Gasteiger partial charge >= 0.3 is 5.97 Å². The van der Waals surface area contributed by atoms with Gasteiger partial charge in [0.25, 0.3) is 0 Å². The lowest BCUT2D eigenvalue weighted by molar-refractivity contribution is -0.132. The van der Waals surface area contributed by atoms with E-state index in [0.29, 0.717) is 12.3 Å². The molecule has 1 atom stereocenters. The fourth-order valence-corrected chi connectivity index (χ4v) is 4.96. The van der Waals surface area contributed by atoms with Gasteiger partial charge in [-0.3, -0.25) is 4.98 Å². The quantitative estimate of drug-likeness (QED) is 0.489. The molecule has 0 spiro atoms. The van der Waals surface area contributed by atoms with E-state index in [1.807, 2.05) is 0 Å². The average Bonchev–Trinajstić information content (AvgIpc) is 2.73. The van der Waals surface area contributed by atoms with Gasteiger partial charge in [-0.15, -0.1) is 0 Å². The fraction of sp³-hybridized carbons (Fsp3) is 0.0909. The van der Waals surface area contributed by atoms with Gasteiger partial charge in [0, 0.05) is 21.7 Å². The van der Waals surface area contributed by atoms with Crippen molar-refractivity contribution in [2.24, 2.45) is 0 Å². The number of pyridine rings is 1. The molecule has 166 valence electrons. The summed E-state index contributed by atoms with van der Waals surface area (Å²) in [5, 5.41) is 7.31. The van der Waals surface area contributed by atoms with Crippen LogP contribution in [0.25, 0.3) is 6.08 Å². The molecular weight excluding hydrogens is 467 g/mol. The van der Waals surface area contributed by atoms with Crippen molar-refractivity contribution in [1.82, 2.24) is 4.98 Å². The Hall–Kier alpha value is -3.17. The van der Waals surface area contributed by atoms with E-state index in [9.17, 15) is 26.4 Å². The fourth-order valence-electron chi connectivity index (χ4n) is 3.01. The molecule has 3 rings (SSSR count). The lowest BCUT2D eigenvalue weighted by Crippen LogP contribution is -2.19. The second-order valence-electron chi connectivity index (χ2n) is 6.81. The molecule has 1 heterocycles. The van der Waals surface area contributed by atoms with Gasteiger partial charge in [-0.1, -0.05) is 11.6 Å². The first kappa shape index (κ1) is 23.5. The number of benzene rings is 2. The third kappa shape index (κ3) is 4.84. The molecule has 10 heteroatoms. The molecule has 0 fully saturated rings. The predicted molar refractivity (Wildman–Crippen MR) is 112 cm³/mol. The minimum absolute atomic E-state index is 0.0746. The molecular formula is C22H15ClF3NO4S. The smallest absolute Gasteiger partial charge is 0.331 e. The highest BCUT2D eigenvalue weighted by Crippen LogP contribution is 2.38. The number of sulfone groups is 1. The second kappa shape index (κ2) is 9.13. The average molecular weight is 482 g/mol. The molecule has 32 heavy (non-hydrogen) atoms. The summed E-state index contributed by atoms with van der Waals surface area (Å²) in [6.07, 6.45) is 1.79. The molecule has 0 bridgehead atoms. The minimum atomic E-state index is -4.52. The number of rotatable bonds is 6. The molecule has 0 saturated carbocycles. The zero-order valence-corrected chi connectivity index (χ0v) is 18.0. The number of aromatic nitrogens is 1. The van der Waals surface area contributed by atoms with Gasteiger partial charge in [0.15, 0.2) is 9.84 Å². The third-order valence-electron chi connectivity index (χ3n) is 4.58. The molecule has 0 saturated heterocycles. The van der Waals surface area contributed by atoms with Crippen LogP contribution < -0.4 is 0 Å². The van der Waals surface area contributed by atoms with Crippen molar-refractivity contribution in [2.75, 3.05) is 0 Å². The van der Waals surface area contributed by atoms with Crippen LogP contribution in [0.5, 0.6) is 0 Å². The third-order valence-corrected chi connectivity index (χ3v) is 6.89. The number of carboxylic acids is 1. The van der Waals surface area contributed by atoms with Gasteiger partial charge in [0.1, 0.15) is 22.7 Å². The highest BCUT2D eigenvalue weighted by Gasteiger charge is 2.35. The van der Waals surface area contributed by atoms with Crippen LogP contribution in [0.4, 0.5) is 13.2 Å². The lowest BCUT2D eigenvalue weighted by atomic mass is 10.0. The Bertz CT molecular complexity index is 1330. The molecule has 5 nitrogen and oxygen atoms in total. The Kier molecular flexibility index (Phi) is 6.71. The van der Waals surface area contributed by atoms with Crippen LogP contribution in [0.3, 0.4) is 0 Å². The largest absolute Gasteiger partial charge is 0.478 e. The normalized spacial score (nSPS) is 13.1. The zero-order chi connectivity index (χ0) is 23.6. The molecule has 0 aliphatic rings. The minimum Gasteiger partial charge on any atom is -0.478 e. The van der Waals surface area contributed by atoms with E-state index in [1.54, 1.807) is 0 Å². The van der Waals surface area contributed by atoms with Crippen LogP contribution in [0.15, 0.2) is 65.2 Å². The first-order valence-electron chi connectivity index (χ1n) is 9.02. The van der Waals surface area contributed by atoms with Crippen LogP contribution in [0.1, 0.15) is 29.0 Å². The van der Waals surface area contributed by atoms with E-state index in [2.05, 4.69) is 4.98 Å². The van der Waals surface area contributed by atoms with Gasteiger partial charge in [-0.25, -0.2) is 26.4 Å². The maximum atomic E-state index is 14.8. The number of carboxylic acid groups (broad SMARTS) is 1. The van der Waals surface area contributed by atoms with E-state index >= 15 is 0 Å². The summed E-state index contributed by atoms with van der Waals surface area (Å²) < 4.78 is 70.4. The van der Waals surface area contributed by atoms with Crippen LogP contribution in [-0.4, -0.2) is 24.5 Å².